The predicted molar refractivity (Wildman–Crippen MR) is 71.6 cm³/mol. The highest BCUT2D eigenvalue weighted by Gasteiger charge is 2.30. The van der Waals surface area contributed by atoms with Crippen LogP contribution in [0.3, 0.4) is 0 Å². The van der Waals surface area contributed by atoms with E-state index in [0.717, 1.165) is 32.4 Å². The molecule has 2 amide bonds. The summed E-state index contributed by atoms with van der Waals surface area (Å²) >= 11 is 0. The number of amides is 2. The molecule has 2 fully saturated rings. The second kappa shape index (κ2) is 6.37. The van der Waals surface area contributed by atoms with Crippen molar-refractivity contribution < 1.29 is 14.3 Å². The quantitative estimate of drug-likeness (QED) is 0.747. The van der Waals surface area contributed by atoms with Crippen LogP contribution in [0.1, 0.15) is 33.1 Å². The van der Waals surface area contributed by atoms with E-state index in [9.17, 15) is 9.59 Å². The zero-order valence-corrected chi connectivity index (χ0v) is 11.9. The van der Waals surface area contributed by atoms with Gasteiger partial charge in [-0.25, -0.2) is 0 Å². The maximum Gasteiger partial charge on any atom is 0.251 e. The molecule has 0 bridgehead atoms. The van der Waals surface area contributed by atoms with Gasteiger partial charge in [0.1, 0.15) is 6.10 Å². The molecule has 108 valence electrons. The molecule has 2 rings (SSSR count). The Hall–Kier alpha value is -1.10. The minimum absolute atomic E-state index is 0.0282. The first-order valence-corrected chi connectivity index (χ1v) is 7.29. The first-order chi connectivity index (χ1) is 9.09. The highest BCUT2D eigenvalue weighted by Crippen LogP contribution is 2.16. The Morgan fingerprint density at radius 3 is 2.37 bits per heavy atom. The maximum absolute atomic E-state index is 12.3. The lowest BCUT2D eigenvalue weighted by Gasteiger charge is -2.25. The van der Waals surface area contributed by atoms with Crippen LogP contribution in [0.25, 0.3) is 0 Å². The summed E-state index contributed by atoms with van der Waals surface area (Å²) in [5.41, 5.74) is 0. The number of carbonyl (C=O) groups is 2. The van der Waals surface area contributed by atoms with E-state index in [1.165, 1.54) is 0 Å². The lowest BCUT2D eigenvalue weighted by molar-refractivity contribution is -0.141. The van der Waals surface area contributed by atoms with Crippen LogP contribution in [0.2, 0.25) is 0 Å². The second-order valence-corrected chi connectivity index (χ2v) is 5.66. The van der Waals surface area contributed by atoms with E-state index in [1.807, 2.05) is 23.6 Å². The summed E-state index contributed by atoms with van der Waals surface area (Å²) in [6, 6.07) is 0. The number of hydrogen-bond acceptors (Lipinski definition) is 3. The maximum atomic E-state index is 12.3. The standard InChI is InChI=1S/C14H24N2O3/c1-11(2)13(17)15-6-4-7-16(9-8-15)14(18)12-5-3-10-19-12/h11-12H,3-10H2,1-2H3. The molecular formula is C14H24N2O3. The van der Waals surface area contributed by atoms with Crippen LogP contribution >= 0.6 is 0 Å². The Kier molecular flexibility index (Phi) is 4.80. The van der Waals surface area contributed by atoms with Crippen LogP contribution in [-0.4, -0.2) is 60.5 Å². The van der Waals surface area contributed by atoms with E-state index in [4.69, 9.17) is 4.74 Å². The first kappa shape index (κ1) is 14.3. The summed E-state index contributed by atoms with van der Waals surface area (Å²) in [6.07, 6.45) is 2.43. The van der Waals surface area contributed by atoms with Gasteiger partial charge in [-0.15, -0.1) is 0 Å². The molecule has 5 heteroatoms. The van der Waals surface area contributed by atoms with Crippen molar-refractivity contribution in [2.75, 3.05) is 32.8 Å². The molecular weight excluding hydrogens is 244 g/mol. The van der Waals surface area contributed by atoms with Crippen LogP contribution in [0, 0.1) is 5.92 Å². The smallest absolute Gasteiger partial charge is 0.251 e. The largest absolute Gasteiger partial charge is 0.368 e. The average molecular weight is 268 g/mol. The van der Waals surface area contributed by atoms with Gasteiger partial charge in [0.05, 0.1) is 0 Å². The van der Waals surface area contributed by atoms with Crippen molar-refractivity contribution >= 4 is 11.8 Å². The molecule has 19 heavy (non-hydrogen) atoms. The van der Waals surface area contributed by atoms with Crippen molar-refractivity contribution in [3.05, 3.63) is 0 Å². The van der Waals surface area contributed by atoms with Gasteiger partial charge in [-0.2, -0.15) is 0 Å². The van der Waals surface area contributed by atoms with E-state index in [0.29, 0.717) is 19.7 Å². The lowest BCUT2D eigenvalue weighted by atomic mass is 10.2. The molecule has 2 aliphatic heterocycles. The van der Waals surface area contributed by atoms with Crippen molar-refractivity contribution in [1.29, 1.82) is 0 Å². The third-order valence-corrected chi connectivity index (χ3v) is 3.82. The second-order valence-electron chi connectivity index (χ2n) is 5.66. The summed E-state index contributed by atoms with van der Waals surface area (Å²) in [7, 11) is 0. The Morgan fingerprint density at radius 1 is 1.05 bits per heavy atom. The van der Waals surface area contributed by atoms with Crippen molar-refractivity contribution in [1.82, 2.24) is 9.80 Å². The zero-order chi connectivity index (χ0) is 13.8. The molecule has 1 atom stereocenters. The normalized spacial score (nSPS) is 24.7. The van der Waals surface area contributed by atoms with Gasteiger partial charge in [0, 0.05) is 38.7 Å². The Morgan fingerprint density at radius 2 is 1.74 bits per heavy atom. The van der Waals surface area contributed by atoms with Gasteiger partial charge in [0.2, 0.25) is 5.91 Å². The highest BCUT2D eigenvalue weighted by molar-refractivity contribution is 5.81. The molecule has 0 aromatic rings. The van der Waals surface area contributed by atoms with Gasteiger partial charge in [-0.3, -0.25) is 9.59 Å². The van der Waals surface area contributed by atoms with Gasteiger partial charge in [-0.05, 0) is 19.3 Å². The minimum atomic E-state index is -0.243. The van der Waals surface area contributed by atoms with E-state index in [1.54, 1.807) is 0 Å². The van der Waals surface area contributed by atoms with E-state index in [2.05, 4.69) is 0 Å². The van der Waals surface area contributed by atoms with Gasteiger partial charge in [0.25, 0.3) is 5.91 Å². The molecule has 0 saturated carbocycles. The highest BCUT2D eigenvalue weighted by atomic mass is 16.5. The van der Waals surface area contributed by atoms with Crippen LogP contribution in [0.15, 0.2) is 0 Å². The van der Waals surface area contributed by atoms with Crippen molar-refractivity contribution in [3.8, 4) is 0 Å². The number of nitrogens with zero attached hydrogens (tertiary/aromatic N) is 2. The number of hydrogen-bond donors (Lipinski definition) is 0. The monoisotopic (exact) mass is 268 g/mol. The van der Waals surface area contributed by atoms with E-state index in [-0.39, 0.29) is 23.8 Å². The first-order valence-electron chi connectivity index (χ1n) is 7.29. The molecule has 2 heterocycles. The Labute approximate surface area is 114 Å². The third-order valence-electron chi connectivity index (χ3n) is 3.82. The van der Waals surface area contributed by atoms with Crippen LogP contribution < -0.4 is 0 Å². The average Bonchev–Trinajstić information content (AvgIpc) is 2.81. The SMILES string of the molecule is CC(C)C(=O)N1CCCN(C(=O)C2CCCO2)CC1. The van der Waals surface area contributed by atoms with Crippen LogP contribution in [0.4, 0.5) is 0 Å². The fraction of sp³-hybridized carbons (Fsp3) is 0.857. The Balaban J connectivity index is 1.89. The number of rotatable bonds is 2. The van der Waals surface area contributed by atoms with Crippen molar-refractivity contribution in [2.45, 2.75) is 39.2 Å². The number of ether oxygens (including phenoxy) is 1. The molecule has 2 aliphatic rings. The fourth-order valence-corrected chi connectivity index (χ4v) is 2.70. The third kappa shape index (κ3) is 3.47. The predicted octanol–water partition coefficient (Wildman–Crippen LogP) is 0.882. The Bertz CT molecular complexity index is 338. The van der Waals surface area contributed by atoms with Gasteiger partial charge in [-0.1, -0.05) is 13.8 Å². The van der Waals surface area contributed by atoms with Gasteiger partial charge >= 0.3 is 0 Å². The van der Waals surface area contributed by atoms with Crippen molar-refractivity contribution in [2.24, 2.45) is 5.92 Å². The molecule has 5 nitrogen and oxygen atoms in total. The fourth-order valence-electron chi connectivity index (χ4n) is 2.70. The topological polar surface area (TPSA) is 49.9 Å². The van der Waals surface area contributed by atoms with Crippen LogP contribution in [0.5, 0.6) is 0 Å². The molecule has 2 saturated heterocycles. The summed E-state index contributed by atoms with van der Waals surface area (Å²) in [5.74, 6) is 0.322. The minimum Gasteiger partial charge on any atom is -0.368 e. The molecule has 0 radical (unpaired) electrons. The molecule has 0 aromatic heterocycles. The summed E-state index contributed by atoms with van der Waals surface area (Å²) < 4.78 is 5.45. The number of carbonyl (C=O) groups excluding carboxylic acids is 2. The summed E-state index contributed by atoms with van der Waals surface area (Å²) in [5, 5.41) is 0. The molecule has 0 aliphatic carbocycles. The summed E-state index contributed by atoms with van der Waals surface area (Å²) in [6.45, 7) is 7.31. The van der Waals surface area contributed by atoms with E-state index < -0.39 is 0 Å². The van der Waals surface area contributed by atoms with E-state index >= 15 is 0 Å². The zero-order valence-electron chi connectivity index (χ0n) is 11.9. The summed E-state index contributed by atoms with van der Waals surface area (Å²) in [4.78, 5) is 28.0. The van der Waals surface area contributed by atoms with Crippen molar-refractivity contribution in [3.63, 3.8) is 0 Å². The molecule has 0 spiro atoms. The lowest BCUT2D eigenvalue weighted by Crippen LogP contribution is -2.42. The van der Waals surface area contributed by atoms with Crippen LogP contribution in [-0.2, 0) is 14.3 Å². The van der Waals surface area contributed by atoms with Gasteiger partial charge < -0.3 is 14.5 Å². The van der Waals surface area contributed by atoms with Gasteiger partial charge in [0.15, 0.2) is 0 Å². The molecule has 0 aromatic carbocycles. The molecule has 1 unspecified atom stereocenters. The molecule has 0 N–H and O–H groups in total.